The number of anilines is 2. The van der Waals surface area contributed by atoms with Crippen LogP contribution < -0.4 is 19.7 Å². The molecule has 8 heteroatoms. The number of ether oxygens (including phenoxy) is 2. The van der Waals surface area contributed by atoms with Gasteiger partial charge in [-0.05, 0) is 55.5 Å². The number of imide groups is 1. The van der Waals surface area contributed by atoms with Gasteiger partial charge in [0.05, 0.1) is 30.0 Å². The molecule has 0 aliphatic carbocycles. The number of hydrogen-bond donors (Lipinski definition) is 1. The molecule has 0 unspecified atom stereocenters. The van der Waals surface area contributed by atoms with Crippen LogP contribution in [0.5, 0.6) is 11.5 Å². The second kappa shape index (κ2) is 9.34. The molecule has 0 saturated carbocycles. The van der Waals surface area contributed by atoms with E-state index in [0.717, 1.165) is 11.0 Å². The molecule has 6 nitrogen and oxygen atoms in total. The lowest BCUT2D eigenvalue weighted by Gasteiger charge is -2.16. The van der Waals surface area contributed by atoms with E-state index >= 15 is 0 Å². The predicted octanol–water partition coefficient (Wildman–Crippen LogP) is 5.28. The molecule has 0 bridgehead atoms. The summed E-state index contributed by atoms with van der Waals surface area (Å²) in [5.74, 6) is -0.722. The number of methoxy groups -OCH3 is 1. The smallest absolute Gasteiger partial charge is 0.282 e. The maximum Gasteiger partial charge on any atom is 0.282 e. The van der Waals surface area contributed by atoms with Gasteiger partial charge in [-0.3, -0.25) is 9.59 Å². The first-order chi connectivity index (χ1) is 15.9. The molecule has 3 aromatic rings. The van der Waals surface area contributed by atoms with Crippen LogP contribution in [-0.2, 0) is 9.59 Å². The summed E-state index contributed by atoms with van der Waals surface area (Å²) >= 11 is 5.91. The molecule has 0 fully saturated rings. The predicted molar refractivity (Wildman–Crippen MR) is 125 cm³/mol. The standard InChI is InChI=1S/C25H20ClFN2O4/c1-3-33-17-11-8-15(9-12-17)28-23-22(18-6-4-5-7-21(18)32-2)24(30)29(25(23)31)16-10-13-20(27)19(26)14-16/h4-14,28H,3H2,1-2H3. The number of rotatable bonds is 7. The normalized spacial score (nSPS) is 13.5. The van der Waals surface area contributed by atoms with Crippen molar-refractivity contribution in [3.8, 4) is 11.5 Å². The topological polar surface area (TPSA) is 67.9 Å². The summed E-state index contributed by atoms with van der Waals surface area (Å²) in [6, 6.07) is 17.6. The average Bonchev–Trinajstić information content (AvgIpc) is 3.06. The lowest BCUT2D eigenvalue weighted by atomic mass is 10.0. The minimum Gasteiger partial charge on any atom is -0.496 e. The van der Waals surface area contributed by atoms with Gasteiger partial charge in [0, 0.05) is 11.3 Å². The molecule has 3 aromatic carbocycles. The first kappa shape index (κ1) is 22.4. The molecular weight excluding hydrogens is 447 g/mol. The summed E-state index contributed by atoms with van der Waals surface area (Å²) in [4.78, 5) is 27.9. The Labute approximate surface area is 195 Å². The van der Waals surface area contributed by atoms with Crippen molar-refractivity contribution in [1.82, 2.24) is 0 Å². The minimum absolute atomic E-state index is 0.0640. The Hall–Kier alpha value is -3.84. The van der Waals surface area contributed by atoms with Crippen LogP contribution in [0.4, 0.5) is 15.8 Å². The number of amides is 2. The van der Waals surface area contributed by atoms with Crippen LogP contribution in [0.3, 0.4) is 0 Å². The molecule has 0 aromatic heterocycles. The van der Waals surface area contributed by atoms with Crippen molar-refractivity contribution >= 4 is 40.4 Å². The maximum atomic E-state index is 13.7. The summed E-state index contributed by atoms with van der Waals surface area (Å²) in [7, 11) is 1.48. The molecule has 1 N–H and O–H groups in total. The first-order valence-electron chi connectivity index (χ1n) is 10.2. The number of nitrogens with zero attached hydrogens (tertiary/aromatic N) is 1. The minimum atomic E-state index is -0.648. The van der Waals surface area contributed by atoms with Gasteiger partial charge in [-0.15, -0.1) is 0 Å². The number of halogens is 2. The number of para-hydroxylation sites is 1. The van der Waals surface area contributed by atoms with Crippen molar-refractivity contribution in [3.63, 3.8) is 0 Å². The third-order valence-electron chi connectivity index (χ3n) is 5.06. The van der Waals surface area contributed by atoms with Crippen LogP contribution in [0, 0.1) is 5.82 Å². The van der Waals surface area contributed by atoms with Crippen LogP contribution in [0.15, 0.2) is 72.4 Å². The monoisotopic (exact) mass is 466 g/mol. The summed E-state index contributed by atoms with van der Waals surface area (Å²) in [6.07, 6.45) is 0. The zero-order chi connectivity index (χ0) is 23.5. The molecule has 1 heterocycles. The lowest BCUT2D eigenvalue weighted by molar-refractivity contribution is -0.120. The van der Waals surface area contributed by atoms with Crippen molar-refractivity contribution in [2.24, 2.45) is 0 Å². The Morgan fingerprint density at radius 1 is 1.00 bits per heavy atom. The van der Waals surface area contributed by atoms with Gasteiger partial charge < -0.3 is 14.8 Å². The molecule has 1 aliphatic heterocycles. The van der Waals surface area contributed by atoms with Crippen LogP contribution in [0.2, 0.25) is 5.02 Å². The summed E-state index contributed by atoms with van der Waals surface area (Å²) < 4.78 is 24.6. The van der Waals surface area contributed by atoms with Gasteiger partial charge in [0.1, 0.15) is 23.0 Å². The van der Waals surface area contributed by atoms with E-state index in [-0.39, 0.29) is 22.0 Å². The highest BCUT2D eigenvalue weighted by atomic mass is 35.5. The summed E-state index contributed by atoms with van der Waals surface area (Å²) in [5, 5.41) is 2.87. The second-order valence-corrected chi connectivity index (χ2v) is 7.48. The van der Waals surface area contributed by atoms with E-state index in [0.29, 0.717) is 29.4 Å². The van der Waals surface area contributed by atoms with Gasteiger partial charge in [-0.25, -0.2) is 9.29 Å². The fourth-order valence-electron chi connectivity index (χ4n) is 3.55. The van der Waals surface area contributed by atoms with Gasteiger partial charge in [-0.2, -0.15) is 0 Å². The lowest BCUT2D eigenvalue weighted by Crippen LogP contribution is -2.32. The number of carbonyl (C=O) groups excluding carboxylic acids is 2. The Morgan fingerprint density at radius 3 is 2.39 bits per heavy atom. The van der Waals surface area contributed by atoms with Gasteiger partial charge >= 0.3 is 0 Å². The highest BCUT2D eigenvalue weighted by Gasteiger charge is 2.41. The van der Waals surface area contributed by atoms with Gasteiger partial charge in [0.25, 0.3) is 11.8 Å². The molecule has 2 amide bonds. The molecule has 0 saturated heterocycles. The van der Waals surface area contributed by atoms with Crippen molar-refractivity contribution in [1.29, 1.82) is 0 Å². The molecule has 0 atom stereocenters. The van der Waals surface area contributed by atoms with Crippen LogP contribution >= 0.6 is 11.6 Å². The molecule has 0 radical (unpaired) electrons. The molecular formula is C25H20ClFN2O4. The number of hydrogen-bond acceptors (Lipinski definition) is 5. The van der Waals surface area contributed by atoms with Crippen molar-refractivity contribution in [2.75, 3.05) is 23.9 Å². The SMILES string of the molecule is CCOc1ccc(NC2=C(c3ccccc3OC)C(=O)N(c3ccc(F)c(Cl)c3)C2=O)cc1. The van der Waals surface area contributed by atoms with E-state index < -0.39 is 17.6 Å². The van der Waals surface area contributed by atoms with Crippen molar-refractivity contribution in [2.45, 2.75) is 6.92 Å². The zero-order valence-corrected chi connectivity index (χ0v) is 18.7. The summed E-state index contributed by atoms with van der Waals surface area (Å²) in [5.41, 5.74) is 1.39. The van der Waals surface area contributed by atoms with Gasteiger partial charge in [0.2, 0.25) is 0 Å². The van der Waals surface area contributed by atoms with Crippen molar-refractivity contribution in [3.05, 3.63) is 88.8 Å². The Bertz CT molecular complexity index is 1260. The largest absolute Gasteiger partial charge is 0.496 e. The molecule has 4 rings (SSSR count). The third kappa shape index (κ3) is 4.27. The van der Waals surface area contributed by atoms with E-state index in [4.69, 9.17) is 21.1 Å². The first-order valence-corrected chi connectivity index (χ1v) is 10.5. The van der Waals surface area contributed by atoms with Crippen molar-refractivity contribution < 1.29 is 23.5 Å². The van der Waals surface area contributed by atoms with Gasteiger partial charge in [0.15, 0.2) is 0 Å². The number of benzene rings is 3. The molecule has 33 heavy (non-hydrogen) atoms. The highest BCUT2D eigenvalue weighted by Crippen LogP contribution is 2.38. The Morgan fingerprint density at radius 2 is 1.73 bits per heavy atom. The maximum absolute atomic E-state index is 13.7. The van der Waals surface area contributed by atoms with Crippen LogP contribution in [0.1, 0.15) is 12.5 Å². The molecule has 1 aliphatic rings. The van der Waals surface area contributed by atoms with E-state index in [1.54, 1.807) is 48.5 Å². The quantitative estimate of drug-likeness (QED) is 0.480. The highest BCUT2D eigenvalue weighted by molar-refractivity contribution is 6.46. The fourth-order valence-corrected chi connectivity index (χ4v) is 3.73. The van der Waals surface area contributed by atoms with E-state index in [9.17, 15) is 14.0 Å². The average molecular weight is 467 g/mol. The van der Waals surface area contributed by atoms with E-state index in [1.165, 1.54) is 19.2 Å². The molecule has 168 valence electrons. The number of nitrogens with one attached hydrogen (secondary N) is 1. The van der Waals surface area contributed by atoms with Crippen LogP contribution in [-0.4, -0.2) is 25.5 Å². The molecule has 0 spiro atoms. The third-order valence-corrected chi connectivity index (χ3v) is 5.35. The Kier molecular flexibility index (Phi) is 6.33. The zero-order valence-electron chi connectivity index (χ0n) is 17.9. The van der Waals surface area contributed by atoms with Crippen LogP contribution in [0.25, 0.3) is 5.57 Å². The summed E-state index contributed by atoms with van der Waals surface area (Å²) in [6.45, 7) is 2.41. The van der Waals surface area contributed by atoms with Gasteiger partial charge in [-0.1, -0.05) is 29.8 Å². The van der Waals surface area contributed by atoms with E-state index in [1.807, 2.05) is 6.92 Å². The van der Waals surface area contributed by atoms with E-state index in [2.05, 4.69) is 5.32 Å². The second-order valence-electron chi connectivity index (χ2n) is 7.08. The Balaban J connectivity index is 1.81. The number of carbonyl (C=O) groups is 2. The fraction of sp³-hybridized carbons (Fsp3) is 0.120.